The Kier molecular flexibility index (Phi) is 13.4. The van der Waals surface area contributed by atoms with Gasteiger partial charge in [0.25, 0.3) is 0 Å². The average Bonchev–Trinajstić information content (AvgIpc) is 3.11. The highest BCUT2D eigenvalue weighted by Gasteiger charge is 2.27. The van der Waals surface area contributed by atoms with E-state index < -0.39 is 0 Å². The van der Waals surface area contributed by atoms with E-state index in [0.29, 0.717) is 12.4 Å². The van der Waals surface area contributed by atoms with Crippen LogP contribution < -0.4 is 4.74 Å². The molecule has 5 rings (SSSR count). The summed E-state index contributed by atoms with van der Waals surface area (Å²) in [6.07, 6.45) is 3.22. The Morgan fingerprint density at radius 3 is 1.03 bits per heavy atom. The van der Waals surface area contributed by atoms with E-state index in [-0.39, 0.29) is 41.1 Å². The van der Waals surface area contributed by atoms with Crippen LogP contribution in [0.2, 0.25) is 0 Å². The largest absolute Gasteiger partial charge is 0.507 e. The fourth-order valence-electron chi connectivity index (χ4n) is 7.74. The molecule has 0 spiro atoms. The van der Waals surface area contributed by atoms with Gasteiger partial charge in [-0.25, -0.2) is 0 Å². The Morgan fingerprint density at radius 2 is 0.729 bits per heavy atom. The maximum atomic E-state index is 12.5. The van der Waals surface area contributed by atoms with Crippen LogP contribution in [0, 0.1) is 20.8 Å². The number of phenolic OH excluding ortho intramolecular Hbond substituents is 2. The van der Waals surface area contributed by atoms with Gasteiger partial charge in [-0.15, -0.1) is 7.92 Å². The summed E-state index contributed by atoms with van der Waals surface area (Å²) in [6, 6.07) is 26.3. The van der Waals surface area contributed by atoms with Crippen molar-refractivity contribution in [1.82, 2.24) is 0 Å². The van der Waals surface area contributed by atoms with Crippen molar-refractivity contribution in [3.8, 4) is 61.8 Å². The predicted molar refractivity (Wildman–Crippen MR) is 259 cm³/mol. The first kappa shape index (κ1) is 46.0. The standard InChI is InChI=1S/C55H73O3P/c1-34-22-43(37-28-39(52(4,5)6)32-40(29-37)53(7,8)9)49(56)45(24-34)47-26-36(3)27-48(51(47)58-20-18-19-21-59(16)17)46-25-35(2)23-44(50(46)57)38-30-41(54(10,11)12)33-42(31-38)55(13,14)15/h22-33,56-57H,18-21H2,1-17H3. The number of aromatic hydroxyl groups is 2. The molecule has 0 bridgehead atoms. The molecule has 0 saturated carbocycles. The lowest BCUT2D eigenvalue weighted by Crippen LogP contribution is -2.16. The van der Waals surface area contributed by atoms with E-state index in [1.54, 1.807) is 0 Å². The van der Waals surface area contributed by atoms with Gasteiger partial charge in [0.2, 0.25) is 0 Å². The molecule has 5 aromatic carbocycles. The molecule has 0 atom stereocenters. The summed E-state index contributed by atoms with van der Waals surface area (Å²) in [5.41, 5.74) is 14.5. The fourth-order valence-corrected chi connectivity index (χ4v) is 8.60. The first-order valence-corrected chi connectivity index (χ1v) is 24.0. The van der Waals surface area contributed by atoms with Crippen LogP contribution in [0.15, 0.2) is 72.8 Å². The first-order chi connectivity index (χ1) is 27.1. The van der Waals surface area contributed by atoms with Gasteiger partial charge in [-0.05, 0) is 161 Å². The van der Waals surface area contributed by atoms with Crippen LogP contribution in [-0.4, -0.2) is 36.3 Å². The summed E-state index contributed by atoms with van der Waals surface area (Å²) in [4.78, 5) is 0. The number of benzene rings is 5. The van der Waals surface area contributed by atoms with Crippen LogP contribution in [0.5, 0.6) is 17.2 Å². The predicted octanol–water partition coefficient (Wildman–Crippen LogP) is 15.8. The number of ether oxygens (including phenoxy) is 1. The van der Waals surface area contributed by atoms with Gasteiger partial charge in [0.1, 0.15) is 17.2 Å². The van der Waals surface area contributed by atoms with Gasteiger partial charge < -0.3 is 14.9 Å². The first-order valence-electron chi connectivity index (χ1n) is 21.6. The monoisotopic (exact) mass is 813 g/mol. The zero-order valence-corrected chi connectivity index (χ0v) is 40.4. The van der Waals surface area contributed by atoms with Gasteiger partial charge in [-0.3, -0.25) is 0 Å². The molecule has 2 N–H and O–H groups in total. The molecular formula is C55H73O3P. The Hall–Kier alpha value is -4.07. The molecular weight excluding hydrogens is 740 g/mol. The minimum Gasteiger partial charge on any atom is -0.507 e. The second-order valence-corrected chi connectivity index (χ2v) is 24.2. The molecule has 59 heavy (non-hydrogen) atoms. The van der Waals surface area contributed by atoms with Crippen molar-refractivity contribution in [2.75, 3.05) is 26.1 Å². The van der Waals surface area contributed by atoms with Gasteiger partial charge in [0, 0.05) is 33.4 Å². The SMILES string of the molecule is Cc1cc(-c2cc(C(C)(C)C)cc(C(C)(C)C)c2)c(O)c(-c2cc(C)cc(-c3cc(C)cc(-c4cc(C(C)(C)C)cc(C(C)(C)C)c4)c3O)c2OCCCCP(C)C)c1. The molecule has 0 aliphatic rings. The second kappa shape index (κ2) is 17.1. The van der Waals surface area contributed by atoms with Crippen LogP contribution in [0.25, 0.3) is 44.5 Å². The van der Waals surface area contributed by atoms with Crippen LogP contribution in [-0.2, 0) is 21.7 Å². The zero-order valence-electron chi connectivity index (χ0n) is 39.5. The normalized spacial score (nSPS) is 12.7. The average molecular weight is 813 g/mol. The summed E-state index contributed by atoms with van der Waals surface area (Å²) < 4.78 is 6.94. The smallest absolute Gasteiger partial charge is 0.135 e. The van der Waals surface area contributed by atoms with Gasteiger partial charge in [0.15, 0.2) is 0 Å². The highest BCUT2D eigenvalue weighted by Crippen LogP contribution is 2.51. The van der Waals surface area contributed by atoms with Crippen LogP contribution >= 0.6 is 7.92 Å². The van der Waals surface area contributed by atoms with Gasteiger partial charge >= 0.3 is 0 Å². The summed E-state index contributed by atoms with van der Waals surface area (Å²) in [5, 5.41) is 25.1. The lowest BCUT2D eigenvalue weighted by molar-refractivity contribution is 0.312. The zero-order chi connectivity index (χ0) is 44.0. The fraction of sp³-hybridized carbons (Fsp3) is 0.455. The topological polar surface area (TPSA) is 49.7 Å². The molecule has 0 heterocycles. The van der Waals surface area contributed by atoms with E-state index in [9.17, 15) is 10.2 Å². The van der Waals surface area contributed by atoms with E-state index in [2.05, 4.69) is 190 Å². The molecule has 5 aromatic rings. The van der Waals surface area contributed by atoms with E-state index in [0.717, 1.165) is 74.0 Å². The molecule has 3 nitrogen and oxygen atoms in total. The Bertz CT molecular complexity index is 2100. The van der Waals surface area contributed by atoms with Gasteiger partial charge in [0.05, 0.1) is 6.61 Å². The lowest BCUT2D eigenvalue weighted by Gasteiger charge is -2.27. The molecule has 0 aromatic heterocycles. The molecule has 0 fully saturated rings. The van der Waals surface area contributed by atoms with Crippen molar-refractivity contribution in [1.29, 1.82) is 0 Å². The van der Waals surface area contributed by atoms with Crippen molar-refractivity contribution in [2.45, 2.75) is 138 Å². The van der Waals surface area contributed by atoms with Gasteiger partial charge in [-0.1, -0.05) is 119 Å². The summed E-state index contributed by atoms with van der Waals surface area (Å²) >= 11 is 0. The third-order valence-corrected chi connectivity index (χ3v) is 12.7. The Balaban J connectivity index is 1.80. The maximum Gasteiger partial charge on any atom is 0.135 e. The molecule has 0 saturated heterocycles. The maximum absolute atomic E-state index is 12.5. The van der Waals surface area contributed by atoms with E-state index in [1.807, 2.05) is 0 Å². The van der Waals surface area contributed by atoms with Crippen molar-refractivity contribution in [2.24, 2.45) is 0 Å². The highest BCUT2D eigenvalue weighted by molar-refractivity contribution is 7.55. The summed E-state index contributed by atoms with van der Waals surface area (Å²) in [7, 11) is 0.0105. The van der Waals surface area contributed by atoms with Gasteiger partial charge in [-0.2, -0.15) is 0 Å². The Morgan fingerprint density at radius 1 is 0.424 bits per heavy atom. The molecule has 0 amide bonds. The van der Waals surface area contributed by atoms with E-state index in [1.165, 1.54) is 28.4 Å². The molecule has 4 heteroatoms. The number of unbranched alkanes of at least 4 members (excludes halogenated alkanes) is 1. The van der Waals surface area contributed by atoms with Crippen LogP contribution in [0.4, 0.5) is 0 Å². The van der Waals surface area contributed by atoms with Crippen molar-refractivity contribution in [3.05, 3.63) is 112 Å². The highest BCUT2D eigenvalue weighted by atomic mass is 31.1. The van der Waals surface area contributed by atoms with E-state index in [4.69, 9.17) is 4.74 Å². The molecule has 0 aliphatic heterocycles. The Labute approximate surface area is 359 Å². The van der Waals surface area contributed by atoms with Crippen LogP contribution in [0.1, 0.15) is 135 Å². The molecule has 0 aliphatic carbocycles. The molecule has 0 radical (unpaired) electrons. The summed E-state index contributed by atoms with van der Waals surface area (Å²) in [6.45, 7) is 38.5. The number of hydrogen-bond donors (Lipinski definition) is 2. The van der Waals surface area contributed by atoms with Crippen LogP contribution in [0.3, 0.4) is 0 Å². The summed E-state index contributed by atoms with van der Waals surface area (Å²) in [5.74, 6) is 1.14. The third kappa shape index (κ3) is 10.8. The minimum atomic E-state index is -0.0709. The van der Waals surface area contributed by atoms with Crippen molar-refractivity contribution < 1.29 is 14.9 Å². The minimum absolute atomic E-state index is 0.0105. The van der Waals surface area contributed by atoms with E-state index >= 15 is 0 Å². The number of rotatable bonds is 10. The second-order valence-electron chi connectivity index (χ2n) is 21.6. The van der Waals surface area contributed by atoms with Crippen molar-refractivity contribution in [3.63, 3.8) is 0 Å². The van der Waals surface area contributed by atoms with Crippen molar-refractivity contribution >= 4 is 7.92 Å². The number of phenols is 2. The number of hydrogen-bond acceptors (Lipinski definition) is 3. The molecule has 316 valence electrons. The number of aryl methyl sites for hydroxylation is 3. The quantitative estimate of drug-likeness (QED) is 0.109. The molecule has 0 unspecified atom stereocenters. The lowest BCUT2D eigenvalue weighted by atomic mass is 9.78. The third-order valence-electron chi connectivity index (χ3n) is 11.5.